The molecule has 0 unspecified atom stereocenters. The van der Waals surface area contributed by atoms with Crippen molar-refractivity contribution in [2.24, 2.45) is 0 Å². The maximum atomic E-state index is 10.2. The van der Waals surface area contributed by atoms with Crippen LogP contribution in [0.15, 0.2) is 36.2 Å². The Kier molecular flexibility index (Phi) is 3.14. The monoisotopic (exact) mass is 165 g/mol. The molecule has 0 saturated heterocycles. The lowest BCUT2D eigenvalue weighted by molar-refractivity contribution is -0.136. The van der Waals surface area contributed by atoms with Crippen LogP contribution in [-0.2, 0) is 4.79 Å². The number of carbonyl (C=O) groups is 1. The zero-order valence-electron chi connectivity index (χ0n) is 6.66. The maximum absolute atomic E-state index is 10.2. The first kappa shape index (κ1) is 8.59. The van der Waals surface area contributed by atoms with E-state index in [0.717, 1.165) is 5.57 Å². The van der Waals surface area contributed by atoms with Crippen molar-refractivity contribution in [2.75, 3.05) is 0 Å². The van der Waals surface area contributed by atoms with Crippen molar-refractivity contribution in [2.45, 2.75) is 12.8 Å². The van der Waals surface area contributed by atoms with E-state index >= 15 is 0 Å². The van der Waals surface area contributed by atoms with Gasteiger partial charge >= 0.3 is 5.97 Å². The van der Waals surface area contributed by atoms with Crippen molar-refractivity contribution in [1.29, 1.82) is 0 Å². The summed E-state index contributed by atoms with van der Waals surface area (Å²) in [7, 11) is 0. The predicted octanol–water partition coefficient (Wildman–Crippen LogP) is 1.41. The van der Waals surface area contributed by atoms with Crippen LogP contribution in [0.4, 0.5) is 0 Å². The first-order valence-electron chi connectivity index (χ1n) is 3.79. The normalized spacial score (nSPS) is 14.8. The molecule has 0 aromatic carbocycles. The smallest absolute Gasteiger partial charge is 0.303 e. The minimum atomic E-state index is -0.762. The molecule has 0 amide bonds. The van der Waals surface area contributed by atoms with Crippen molar-refractivity contribution < 1.29 is 9.90 Å². The van der Waals surface area contributed by atoms with Gasteiger partial charge in [0, 0.05) is 18.8 Å². The largest absolute Gasteiger partial charge is 0.481 e. The van der Waals surface area contributed by atoms with Crippen LogP contribution in [0.1, 0.15) is 12.8 Å². The summed E-state index contributed by atoms with van der Waals surface area (Å²) in [5.74, 6) is -0.762. The zero-order chi connectivity index (χ0) is 8.81. The van der Waals surface area contributed by atoms with Crippen molar-refractivity contribution in [3.05, 3.63) is 36.2 Å². The SMILES string of the molecule is O=C(O)CCC1=CNC=CC=C1. The van der Waals surface area contributed by atoms with Crippen LogP contribution in [0.25, 0.3) is 0 Å². The lowest BCUT2D eigenvalue weighted by atomic mass is 10.1. The molecule has 2 N–H and O–H groups in total. The highest BCUT2D eigenvalue weighted by atomic mass is 16.4. The number of hydrogen-bond donors (Lipinski definition) is 2. The molecule has 0 bridgehead atoms. The van der Waals surface area contributed by atoms with Gasteiger partial charge in [0.2, 0.25) is 0 Å². The van der Waals surface area contributed by atoms with Gasteiger partial charge in [0.25, 0.3) is 0 Å². The van der Waals surface area contributed by atoms with Gasteiger partial charge in [-0.25, -0.2) is 0 Å². The Morgan fingerprint density at radius 3 is 3.08 bits per heavy atom. The molecule has 1 rings (SSSR count). The molecule has 0 radical (unpaired) electrons. The quantitative estimate of drug-likeness (QED) is 0.664. The highest BCUT2D eigenvalue weighted by Crippen LogP contribution is 2.07. The maximum Gasteiger partial charge on any atom is 0.303 e. The molecule has 0 saturated carbocycles. The molecule has 1 heterocycles. The standard InChI is InChI=1S/C9H11NO2/c11-9(12)5-4-8-3-1-2-6-10-7-8/h1-3,6-7,10H,4-5H2,(H,11,12). The number of allylic oxidation sites excluding steroid dienone is 4. The Labute approximate surface area is 71.1 Å². The second kappa shape index (κ2) is 4.38. The Balaban J connectivity index is 2.42. The highest BCUT2D eigenvalue weighted by Gasteiger charge is 1.99. The van der Waals surface area contributed by atoms with Gasteiger partial charge in [0.1, 0.15) is 0 Å². The van der Waals surface area contributed by atoms with E-state index in [0.29, 0.717) is 6.42 Å². The Bertz CT molecular complexity index is 251. The summed E-state index contributed by atoms with van der Waals surface area (Å²) in [5.41, 5.74) is 1.00. The van der Waals surface area contributed by atoms with Crippen LogP contribution in [0.5, 0.6) is 0 Å². The van der Waals surface area contributed by atoms with E-state index in [1.165, 1.54) is 0 Å². The molecule has 0 fully saturated rings. The molecule has 12 heavy (non-hydrogen) atoms. The molecule has 64 valence electrons. The number of carboxylic acids is 1. The first-order chi connectivity index (χ1) is 5.79. The summed E-state index contributed by atoms with van der Waals surface area (Å²) >= 11 is 0. The van der Waals surface area contributed by atoms with Crippen molar-refractivity contribution >= 4 is 5.97 Å². The molecule has 0 atom stereocenters. The van der Waals surface area contributed by atoms with Crippen molar-refractivity contribution in [3.63, 3.8) is 0 Å². The molecular weight excluding hydrogens is 154 g/mol. The molecule has 0 aromatic heterocycles. The Morgan fingerprint density at radius 1 is 1.50 bits per heavy atom. The summed E-state index contributed by atoms with van der Waals surface area (Å²) in [5, 5.41) is 11.4. The van der Waals surface area contributed by atoms with Gasteiger partial charge in [-0.1, -0.05) is 12.2 Å². The van der Waals surface area contributed by atoms with Crippen LogP contribution in [0.3, 0.4) is 0 Å². The number of carboxylic acid groups (broad SMARTS) is 1. The molecule has 3 heteroatoms. The lowest BCUT2D eigenvalue weighted by Crippen LogP contribution is -1.97. The number of rotatable bonds is 3. The van der Waals surface area contributed by atoms with Gasteiger partial charge in [-0.15, -0.1) is 0 Å². The average Bonchev–Trinajstić information content (AvgIpc) is 2.28. The summed E-state index contributed by atoms with van der Waals surface area (Å²) in [6, 6.07) is 0. The predicted molar refractivity (Wildman–Crippen MR) is 46.4 cm³/mol. The second-order valence-corrected chi connectivity index (χ2v) is 2.50. The van der Waals surface area contributed by atoms with Gasteiger partial charge in [0.05, 0.1) is 0 Å². The molecule has 1 aliphatic rings. The van der Waals surface area contributed by atoms with E-state index < -0.39 is 5.97 Å². The summed E-state index contributed by atoms with van der Waals surface area (Å²) < 4.78 is 0. The molecular formula is C9H11NO2. The Morgan fingerprint density at radius 2 is 2.33 bits per heavy atom. The van der Waals surface area contributed by atoms with E-state index in [-0.39, 0.29) is 6.42 Å². The summed E-state index contributed by atoms with van der Waals surface area (Å²) in [4.78, 5) is 10.2. The van der Waals surface area contributed by atoms with E-state index in [1.54, 1.807) is 6.20 Å². The van der Waals surface area contributed by atoms with E-state index in [4.69, 9.17) is 5.11 Å². The van der Waals surface area contributed by atoms with Crippen molar-refractivity contribution in [1.82, 2.24) is 5.32 Å². The third-order valence-corrected chi connectivity index (χ3v) is 1.51. The fraction of sp³-hybridized carbons (Fsp3) is 0.222. The van der Waals surface area contributed by atoms with E-state index in [9.17, 15) is 4.79 Å². The number of aliphatic carboxylic acids is 1. The topological polar surface area (TPSA) is 49.3 Å². The third-order valence-electron chi connectivity index (χ3n) is 1.51. The molecule has 0 aliphatic carbocycles. The summed E-state index contributed by atoms with van der Waals surface area (Å²) in [6.45, 7) is 0. The van der Waals surface area contributed by atoms with Crippen molar-refractivity contribution in [3.8, 4) is 0 Å². The molecule has 1 aliphatic heterocycles. The fourth-order valence-electron chi connectivity index (χ4n) is 0.900. The molecule has 0 aromatic rings. The lowest BCUT2D eigenvalue weighted by Gasteiger charge is -1.97. The van der Waals surface area contributed by atoms with Gasteiger partial charge < -0.3 is 10.4 Å². The molecule has 3 nitrogen and oxygen atoms in total. The van der Waals surface area contributed by atoms with Gasteiger partial charge in [-0.2, -0.15) is 0 Å². The third kappa shape index (κ3) is 3.05. The van der Waals surface area contributed by atoms with Crippen LogP contribution in [-0.4, -0.2) is 11.1 Å². The van der Waals surface area contributed by atoms with Crippen LogP contribution in [0.2, 0.25) is 0 Å². The van der Waals surface area contributed by atoms with Gasteiger partial charge in [-0.05, 0) is 18.1 Å². The first-order valence-corrected chi connectivity index (χ1v) is 3.79. The van der Waals surface area contributed by atoms with E-state index in [1.807, 2.05) is 24.4 Å². The minimum Gasteiger partial charge on any atom is -0.481 e. The van der Waals surface area contributed by atoms with Crippen LogP contribution < -0.4 is 5.32 Å². The number of hydrogen-bond acceptors (Lipinski definition) is 2. The van der Waals surface area contributed by atoms with E-state index in [2.05, 4.69) is 5.32 Å². The van der Waals surface area contributed by atoms with Crippen LogP contribution in [0, 0.1) is 0 Å². The van der Waals surface area contributed by atoms with Gasteiger partial charge in [-0.3, -0.25) is 4.79 Å². The zero-order valence-corrected chi connectivity index (χ0v) is 6.66. The summed E-state index contributed by atoms with van der Waals surface area (Å²) in [6.07, 6.45) is 10.0. The minimum absolute atomic E-state index is 0.178. The second-order valence-electron chi connectivity index (χ2n) is 2.50. The fourth-order valence-corrected chi connectivity index (χ4v) is 0.900. The highest BCUT2D eigenvalue weighted by molar-refractivity contribution is 5.67. The van der Waals surface area contributed by atoms with Gasteiger partial charge in [0.15, 0.2) is 0 Å². The number of nitrogens with one attached hydrogen (secondary N) is 1. The van der Waals surface area contributed by atoms with Crippen LogP contribution >= 0.6 is 0 Å². The Hall–Kier alpha value is -1.51. The average molecular weight is 165 g/mol. The molecule has 0 spiro atoms.